The van der Waals surface area contributed by atoms with E-state index in [9.17, 15) is 9.59 Å². The van der Waals surface area contributed by atoms with Crippen LogP contribution in [0, 0.1) is 20.8 Å². The summed E-state index contributed by atoms with van der Waals surface area (Å²) in [6, 6.07) is 45.1. The van der Waals surface area contributed by atoms with Gasteiger partial charge in [0.05, 0.1) is 11.4 Å². The Hall–Kier alpha value is -6.98. The molecule has 0 saturated heterocycles. The van der Waals surface area contributed by atoms with E-state index in [4.69, 9.17) is 77.3 Å². The molecule has 0 bridgehead atoms. The van der Waals surface area contributed by atoms with Gasteiger partial charge in [-0.05, 0) is 213 Å². The van der Waals surface area contributed by atoms with Crippen LogP contribution in [0.5, 0.6) is 23.0 Å². The minimum absolute atomic E-state index is 0.0582. The molecule has 6 aromatic rings. The number of nitrogens with zero attached hydrogens (tertiary/aromatic N) is 2. The van der Waals surface area contributed by atoms with Crippen LogP contribution >= 0.6 is 48.9 Å². The van der Waals surface area contributed by atoms with Gasteiger partial charge in [-0.3, -0.25) is 0 Å². The monoisotopic (exact) mass is 1060 g/mol. The first kappa shape index (κ1) is 55.3. The van der Waals surface area contributed by atoms with Gasteiger partial charge in [0.2, 0.25) is 0 Å². The Bertz CT molecular complexity index is 2790. The minimum Gasteiger partial charge on any atom is -0.444 e. The maximum atomic E-state index is 13.1. The first-order chi connectivity index (χ1) is 34.7. The van der Waals surface area contributed by atoms with Crippen molar-refractivity contribution in [3.63, 3.8) is 0 Å². The number of carbonyl (C=O) groups is 2. The number of aryl methyl sites for hydroxylation is 4. The fourth-order valence-corrected chi connectivity index (χ4v) is 8.11. The van der Waals surface area contributed by atoms with Gasteiger partial charge < -0.3 is 39.1 Å². The van der Waals surface area contributed by atoms with Gasteiger partial charge in [-0.15, -0.1) is 0 Å². The molecule has 6 rings (SSSR count). The van der Waals surface area contributed by atoms with E-state index >= 15 is 0 Å². The van der Waals surface area contributed by atoms with Crippen molar-refractivity contribution in [1.82, 2.24) is 10.6 Å². The van der Waals surface area contributed by atoms with Gasteiger partial charge in [0, 0.05) is 13.1 Å². The molecule has 0 aliphatic heterocycles. The number of alkyl carbamates (subject to hydrolysis) is 2. The van der Waals surface area contributed by atoms with Crippen LogP contribution in [0.25, 0.3) is 0 Å². The second kappa shape index (κ2) is 25.6. The summed E-state index contributed by atoms with van der Waals surface area (Å²) in [6.45, 7) is 15.8. The van der Waals surface area contributed by atoms with Crippen molar-refractivity contribution in [2.75, 3.05) is 16.3 Å². The Balaban J connectivity index is 1.02. The van der Waals surface area contributed by atoms with E-state index in [2.05, 4.69) is 10.6 Å². The van der Waals surface area contributed by atoms with Gasteiger partial charge in [-0.1, -0.05) is 89.5 Å². The average molecular weight is 1060 g/mol. The molecular formula is C57H60N4O8S4. The lowest BCUT2D eigenvalue weighted by molar-refractivity contribution is 0.0326. The summed E-state index contributed by atoms with van der Waals surface area (Å²) in [6.07, 6.45) is 0.726. The van der Waals surface area contributed by atoms with Crippen LogP contribution in [0.1, 0.15) is 74.4 Å². The number of hydrogen-bond donors (Lipinski definition) is 2. The lowest BCUT2D eigenvalue weighted by Crippen LogP contribution is -2.40. The van der Waals surface area contributed by atoms with Gasteiger partial charge in [0.1, 0.15) is 34.2 Å². The molecule has 73 heavy (non-hydrogen) atoms. The summed E-state index contributed by atoms with van der Waals surface area (Å²) < 4.78 is 35.6. The maximum absolute atomic E-state index is 13.1. The van der Waals surface area contributed by atoms with Crippen molar-refractivity contribution < 1.29 is 38.0 Å². The van der Waals surface area contributed by atoms with E-state index in [1.807, 2.05) is 201 Å². The highest BCUT2D eigenvalue weighted by molar-refractivity contribution is 7.82. The minimum atomic E-state index is -0.788. The lowest BCUT2D eigenvalue weighted by Gasteiger charge is -2.26. The Kier molecular flexibility index (Phi) is 19.4. The molecule has 0 unspecified atom stereocenters. The molecule has 2 N–H and O–H groups in total. The summed E-state index contributed by atoms with van der Waals surface area (Å²) in [5, 5.41) is 5.96. The summed E-state index contributed by atoms with van der Waals surface area (Å²) in [4.78, 5) is 28.3. The van der Waals surface area contributed by atoms with E-state index < -0.39 is 23.4 Å². The molecule has 0 aliphatic carbocycles. The highest BCUT2D eigenvalue weighted by Gasteiger charge is 2.26. The molecule has 0 spiro atoms. The zero-order chi connectivity index (χ0) is 52.7. The third kappa shape index (κ3) is 17.9. The van der Waals surface area contributed by atoms with E-state index in [1.54, 1.807) is 9.80 Å². The SMILES string of the molecule is Cc1ccc(OC(=S)N(C(=S)Oc2ccc(CCC(C)(C)OC(=O)NCc3ccc(N(C(=S)Oc4ccc(C)cc4)C(=S)Oc4ccc(C)cc4)cc3)cc2)c2ccc(CCNC(=O)OC(C)(C)C)cc2)cc1. The van der Waals surface area contributed by atoms with E-state index in [0.717, 1.165) is 33.4 Å². The number of hydrogen-bond acceptors (Lipinski definition) is 12. The highest BCUT2D eigenvalue weighted by Crippen LogP contribution is 2.26. The number of anilines is 2. The molecule has 0 atom stereocenters. The van der Waals surface area contributed by atoms with E-state index in [1.165, 1.54) is 0 Å². The fourth-order valence-electron chi connectivity index (χ4n) is 6.85. The number of benzene rings is 6. The zero-order valence-corrected chi connectivity index (χ0v) is 45.5. The second-order valence-corrected chi connectivity index (χ2v) is 20.1. The van der Waals surface area contributed by atoms with Crippen molar-refractivity contribution in [3.05, 3.63) is 179 Å². The Labute approximate surface area is 449 Å². The Morgan fingerprint density at radius 3 is 1.15 bits per heavy atom. The summed E-state index contributed by atoms with van der Waals surface area (Å²) >= 11 is 23.1. The van der Waals surface area contributed by atoms with Crippen molar-refractivity contribution in [2.24, 2.45) is 0 Å². The number of ether oxygens (including phenoxy) is 6. The molecule has 0 saturated carbocycles. The molecule has 0 heterocycles. The smallest absolute Gasteiger partial charge is 0.407 e. The van der Waals surface area contributed by atoms with Gasteiger partial charge in [0.15, 0.2) is 0 Å². The van der Waals surface area contributed by atoms with Crippen molar-refractivity contribution in [2.45, 2.75) is 92.4 Å². The zero-order valence-electron chi connectivity index (χ0n) is 42.2. The van der Waals surface area contributed by atoms with Crippen molar-refractivity contribution in [1.29, 1.82) is 0 Å². The van der Waals surface area contributed by atoms with Crippen LogP contribution in [0.3, 0.4) is 0 Å². The quantitative estimate of drug-likeness (QED) is 0.0949. The molecule has 16 heteroatoms. The highest BCUT2D eigenvalue weighted by atomic mass is 32.1. The summed E-state index contributed by atoms with van der Waals surface area (Å²) in [5.41, 5.74) is 5.92. The molecule has 380 valence electrons. The second-order valence-electron chi connectivity index (χ2n) is 18.7. The number of amides is 2. The summed E-state index contributed by atoms with van der Waals surface area (Å²) in [5.74, 6) is 2.16. The molecule has 6 aromatic carbocycles. The predicted molar refractivity (Wildman–Crippen MR) is 304 cm³/mol. The van der Waals surface area contributed by atoms with Crippen molar-refractivity contribution in [3.8, 4) is 23.0 Å². The third-order valence-electron chi connectivity index (χ3n) is 10.8. The molecule has 0 aromatic heterocycles. The first-order valence-electron chi connectivity index (χ1n) is 23.6. The average Bonchev–Trinajstić information content (AvgIpc) is 3.33. The van der Waals surface area contributed by atoms with E-state index in [0.29, 0.717) is 60.2 Å². The standard InChI is InChI=1S/C57H60N4O8S4/c1-38-9-25-46(26-10-38)64-52(70)60(44-21-15-42(16-22-44)34-36-58-50(62)68-56(4,5)6)55(73)67-49-31-19-41(20-32-49)33-35-57(7,8)69-51(63)59-37-43-17-23-45(24-18-43)61(53(71)65-47-27-11-39(2)12-28-47)54(72)66-48-29-13-40(3)14-30-48/h9-32H,33-37H2,1-8H3,(H,58,62)(H,59,63). The van der Waals surface area contributed by atoms with Crippen LogP contribution < -0.4 is 39.4 Å². The topological polar surface area (TPSA) is 120 Å². The molecule has 0 aliphatic rings. The van der Waals surface area contributed by atoms with Gasteiger partial charge >= 0.3 is 12.2 Å². The van der Waals surface area contributed by atoms with E-state index in [-0.39, 0.29) is 27.2 Å². The lowest BCUT2D eigenvalue weighted by atomic mass is 9.98. The molecular weight excluding hydrogens is 997 g/mol. The van der Waals surface area contributed by atoms with Crippen LogP contribution in [0.15, 0.2) is 146 Å². The molecule has 0 radical (unpaired) electrons. The van der Waals surface area contributed by atoms with Crippen LogP contribution in [-0.2, 0) is 28.9 Å². The van der Waals surface area contributed by atoms with Gasteiger partial charge in [0.25, 0.3) is 20.7 Å². The first-order valence-corrected chi connectivity index (χ1v) is 25.2. The van der Waals surface area contributed by atoms with Crippen LogP contribution in [-0.4, -0.2) is 50.6 Å². The molecule has 2 amide bonds. The Morgan fingerprint density at radius 2 is 0.767 bits per heavy atom. The Morgan fingerprint density at radius 1 is 0.438 bits per heavy atom. The van der Waals surface area contributed by atoms with Gasteiger partial charge in [-0.25, -0.2) is 19.4 Å². The number of thiocarbonyl (C=S) groups is 4. The molecule has 0 fully saturated rings. The largest absolute Gasteiger partial charge is 0.444 e. The third-order valence-corrected chi connectivity index (χ3v) is 11.9. The maximum Gasteiger partial charge on any atom is 0.407 e. The fraction of sp³-hybridized carbons (Fsp3) is 0.263. The normalized spacial score (nSPS) is 11.1. The summed E-state index contributed by atoms with van der Waals surface area (Å²) in [7, 11) is 0. The van der Waals surface area contributed by atoms with Crippen LogP contribution in [0.2, 0.25) is 0 Å². The number of carbonyl (C=O) groups excluding carboxylic acids is 2. The molecule has 12 nitrogen and oxygen atoms in total. The van der Waals surface area contributed by atoms with Crippen molar-refractivity contribution >= 4 is 93.1 Å². The predicted octanol–water partition coefficient (Wildman–Crippen LogP) is 13.4. The van der Waals surface area contributed by atoms with Crippen LogP contribution in [0.4, 0.5) is 21.0 Å². The van der Waals surface area contributed by atoms with Gasteiger partial charge in [-0.2, -0.15) is 0 Å². The number of rotatable bonds is 15. The number of nitrogens with one attached hydrogen (secondary N) is 2.